The summed E-state index contributed by atoms with van der Waals surface area (Å²) in [5.74, 6) is -5.99. The monoisotopic (exact) mass is 332 g/mol. The first-order valence-corrected chi connectivity index (χ1v) is 6.81. The van der Waals surface area contributed by atoms with Crippen LogP contribution in [0.25, 0.3) is 10.2 Å². The van der Waals surface area contributed by atoms with Crippen molar-refractivity contribution >= 4 is 44.0 Å². The molecule has 2 aromatic carbocycles. The highest BCUT2D eigenvalue weighted by atomic mass is 35.5. The first-order valence-electron chi connectivity index (χ1n) is 5.62. The molecule has 0 spiro atoms. The molecule has 1 aromatic heterocycles. The third-order valence-corrected chi connectivity index (χ3v) is 3.86. The number of halogens is 5. The maximum Gasteiger partial charge on any atom is 0.188 e. The van der Waals surface area contributed by atoms with Crippen LogP contribution >= 0.6 is 22.9 Å². The van der Waals surface area contributed by atoms with E-state index in [4.69, 9.17) is 11.6 Å². The molecule has 8 heteroatoms. The minimum Gasteiger partial charge on any atom is -0.326 e. The van der Waals surface area contributed by atoms with Crippen LogP contribution in [-0.2, 0) is 0 Å². The smallest absolute Gasteiger partial charge is 0.188 e. The molecule has 0 atom stereocenters. The SMILES string of the molecule is Fc1cc(F)c(F)c(Nc2nc3ccc(Cl)cc3s2)c1F. The maximum absolute atomic E-state index is 13.6. The second kappa shape index (κ2) is 5.16. The standard InChI is InChI=1S/C13H5ClF4N2S/c14-5-1-2-8-9(3-5)21-13(19-8)20-12-10(17)6(15)4-7(16)11(12)18/h1-4H,(H,19,20). The zero-order chi connectivity index (χ0) is 15.1. The van der Waals surface area contributed by atoms with Gasteiger partial charge in [-0.1, -0.05) is 22.9 Å². The average Bonchev–Trinajstić information content (AvgIpc) is 2.83. The van der Waals surface area contributed by atoms with E-state index >= 15 is 0 Å². The van der Waals surface area contributed by atoms with Crippen LogP contribution in [0.3, 0.4) is 0 Å². The number of aromatic nitrogens is 1. The van der Waals surface area contributed by atoms with E-state index in [0.29, 0.717) is 15.2 Å². The van der Waals surface area contributed by atoms with Gasteiger partial charge in [0.15, 0.2) is 28.4 Å². The van der Waals surface area contributed by atoms with Gasteiger partial charge in [0.1, 0.15) is 5.69 Å². The zero-order valence-corrected chi connectivity index (χ0v) is 11.6. The Hall–Kier alpha value is -1.86. The van der Waals surface area contributed by atoms with Gasteiger partial charge in [-0.25, -0.2) is 22.5 Å². The quantitative estimate of drug-likeness (QED) is 0.512. The van der Waals surface area contributed by atoms with Crippen LogP contribution in [0.4, 0.5) is 28.4 Å². The largest absolute Gasteiger partial charge is 0.326 e. The van der Waals surface area contributed by atoms with Crippen LogP contribution in [0.5, 0.6) is 0 Å². The van der Waals surface area contributed by atoms with Gasteiger partial charge in [-0.2, -0.15) is 0 Å². The summed E-state index contributed by atoms with van der Waals surface area (Å²) >= 11 is 6.87. The number of fused-ring (bicyclic) bond motifs is 1. The van der Waals surface area contributed by atoms with Crippen LogP contribution < -0.4 is 5.32 Å². The molecule has 0 unspecified atom stereocenters. The summed E-state index contributed by atoms with van der Waals surface area (Å²) in [6.07, 6.45) is 0. The summed E-state index contributed by atoms with van der Waals surface area (Å²) in [6.45, 7) is 0. The van der Waals surface area contributed by atoms with Gasteiger partial charge in [-0.05, 0) is 18.2 Å². The first-order chi connectivity index (χ1) is 9.95. The van der Waals surface area contributed by atoms with Gasteiger partial charge >= 0.3 is 0 Å². The fourth-order valence-corrected chi connectivity index (χ4v) is 2.89. The summed E-state index contributed by atoms with van der Waals surface area (Å²) in [6, 6.07) is 5.00. The predicted molar refractivity (Wildman–Crippen MR) is 74.2 cm³/mol. The third kappa shape index (κ3) is 2.54. The lowest BCUT2D eigenvalue weighted by atomic mass is 10.2. The Morgan fingerprint density at radius 2 is 1.67 bits per heavy atom. The Labute approximate surface area is 125 Å². The summed E-state index contributed by atoms with van der Waals surface area (Å²) in [4.78, 5) is 4.06. The van der Waals surface area contributed by atoms with Gasteiger partial charge in [-0.15, -0.1) is 0 Å². The molecule has 0 aliphatic rings. The van der Waals surface area contributed by atoms with Gasteiger partial charge in [0, 0.05) is 11.1 Å². The van der Waals surface area contributed by atoms with Crippen LogP contribution in [-0.4, -0.2) is 4.98 Å². The minimum atomic E-state index is -1.51. The number of nitrogens with one attached hydrogen (secondary N) is 1. The molecule has 0 bridgehead atoms. The van der Waals surface area contributed by atoms with E-state index in [1.165, 1.54) is 0 Å². The molecule has 0 amide bonds. The van der Waals surface area contributed by atoms with Gasteiger partial charge in [0.05, 0.1) is 10.2 Å². The number of hydrogen-bond acceptors (Lipinski definition) is 3. The molecule has 0 fully saturated rings. The number of rotatable bonds is 2. The third-order valence-electron chi connectivity index (χ3n) is 2.69. The van der Waals surface area contributed by atoms with E-state index in [2.05, 4.69) is 10.3 Å². The van der Waals surface area contributed by atoms with Gasteiger partial charge in [-0.3, -0.25) is 0 Å². The van der Waals surface area contributed by atoms with Crippen molar-refractivity contribution < 1.29 is 17.6 Å². The number of nitrogens with zero attached hydrogens (tertiary/aromatic N) is 1. The maximum atomic E-state index is 13.6. The van der Waals surface area contributed by atoms with Crippen molar-refractivity contribution in [3.05, 3.63) is 52.6 Å². The lowest BCUT2D eigenvalue weighted by molar-refractivity contribution is 0.459. The molecule has 1 N–H and O–H groups in total. The van der Waals surface area contributed by atoms with Crippen LogP contribution in [0.15, 0.2) is 24.3 Å². The number of hydrogen-bond donors (Lipinski definition) is 1. The topological polar surface area (TPSA) is 24.9 Å². The fraction of sp³-hybridized carbons (Fsp3) is 0. The molecule has 0 aliphatic heterocycles. The zero-order valence-electron chi connectivity index (χ0n) is 10.1. The highest BCUT2D eigenvalue weighted by Crippen LogP contribution is 2.33. The Balaban J connectivity index is 2.06. The normalized spacial score (nSPS) is 11.1. The van der Waals surface area contributed by atoms with E-state index in [1.807, 2.05) is 0 Å². The van der Waals surface area contributed by atoms with E-state index in [9.17, 15) is 17.6 Å². The van der Waals surface area contributed by atoms with Gasteiger partial charge in [0.25, 0.3) is 0 Å². The minimum absolute atomic E-state index is 0.0927. The van der Waals surface area contributed by atoms with Gasteiger partial charge < -0.3 is 5.32 Å². The molecule has 3 rings (SSSR count). The highest BCUT2D eigenvalue weighted by Gasteiger charge is 2.20. The summed E-state index contributed by atoms with van der Waals surface area (Å²) < 4.78 is 54.0. The van der Waals surface area contributed by atoms with Gasteiger partial charge in [0.2, 0.25) is 0 Å². The summed E-state index contributed by atoms with van der Waals surface area (Å²) in [5.41, 5.74) is -0.373. The van der Waals surface area contributed by atoms with E-state index in [-0.39, 0.29) is 11.2 Å². The molecule has 0 saturated carbocycles. The Bertz CT molecular complexity index is 824. The van der Waals surface area contributed by atoms with Crippen molar-refractivity contribution in [3.63, 3.8) is 0 Å². The average molecular weight is 333 g/mol. The second-order valence-electron chi connectivity index (χ2n) is 4.10. The number of benzene rings is 2. The Morgan fingerprint density at radius 1 is 1.00 bits per heavy atom. The molecular weight excluding hydrogens is 328 g/mol. The highest BCUT2D eigenvalue weighted by molar-refractivity contribution is 7.22. The van der Waals surface area contributed by atoms with Crippen molar-refractivity contribution in [3.8, 4) is 0 Å². The van der Waals surface area contributed by atoms with Crippen molar-refractivity contribution in [2.45, 2.75) is 0 Å². The second-order valence-corrected chi connectivity index (χ2v) is 5.57. The van der Waals surface area contributed by atoms with Crippen LogP contribution in [0, 0.1) is 23.3 Å². The molecule has 3 aromatic rings. The molecule has 0 saturated heterocycles. The lowest BCUT2D eigenvalue weighted by Gasteiger charge is -2.07. The molecule has 0 aliphatic carbocycles. The molecule has 21 heavy (non-hydrogen) atoms. The number of anilines is 2. The van der Waals surface area contributed by atoms with Crippen LogP contribution in [0.1, 0.15) is 0 Å². The van der Waals surface area contributed by atoms with Crippen molar-refractivity contribution in [1.29, 1.82) is 0 Å². The number of thiazole rings is 1. The molecule has 1 heterocycles. The predicted octanol–water partition coefficient (Wildman–Crippen LogP) is 5.25. The van der Waals surface area contributed by atoms with E-state index < -0.39 is 29.0 Å². The molecule has 0 radical (unpaired) electrons. The lowest BCUT2D eigenvalue weighted by Crippen LogP contribution is -2.02. The van der Waals surface area contributed by atoms with E-state index in [0.717, 1.165) is 11.3 Å². The Morgan fingerprint density at radius 3 is 2.33 bits per heavy atom. The van der Waals surface area contributed by atoms with Crippen molar-refractivity contribution in [1.82, 2.24) is 4.98 Å². The van der Waals surface area contributed by atoms with E-state index in [1.54, 1.807) is 18.2 Å². The summed E-state index contributed by atoms with van der Waals surface area (Å²) in [5, 5.41) is 2.84. The molecule has 108 valence electrons. The van der Waals surface area contributed by atoms with Crippen molar-refractivity contribution in [2.75, 3.05) is 5.32 Å². The summed E-state index contributed by atoms with van der Waals surface area (Å²) in [7, 11) is 0. The molecule has 2 nitrogen and oxygen atoms in total. The van der Waals surface area contributed by atoms with Crippen LogP contribution in [0.2, 0.25) is 5.02 Å². The Kier molecular flexibility index (Phi) is 3.46. The molecular formula is C13H5ClF4N2S. The fourth-order valence-electron chi connectivity index (χ4n) is 1.74. The van der Waals surface area contributed by atoms with Crippen molar-refractivity contribution in [2.24, 2.45) is 0 Å². The first kappa shape index (κ1) is 14.1.